The molecule has 0 aliphatic carbocycles. The van der Waals surface area contributed by atoms with Crippen molar-refractivity contribution in [2.24, 2.45) is 0 Å². The fourth-order valence-electron chi connectivity index (χ4n) is 1.92. The highest BCUT2D eigenvalue weighted by Crippen LogP contribution is 2.29. The molecule has 2 N–H and O–H groups in total. The Hall–Kier alpha value is -1.94. The number of nitrogens with zero attached hydrogens (tertiary/aromatic N) is 1. The van der Waals surface area contributed by atoms with E-state index in [0.717, 1.165) is 27.6 Å². The summed E-state index contributed by atoms with van der Waals surface area (Å²) >= 11 is 1.64. The number of nitrogens with two attached hydrogens (primary N) is 1. The van der Waals surface area contributed by atoms with Crippen molar-refractivity contribution in [3.05, 3.63) is 53.9 Å². The Balaban J connectivity index is 1.78. The first-order valence-electron chi connectivity index (χ1n) is 6.06. The van der Waals surface area contributed by atoms with E-state index in [9.17, 15) is 0 Å². The van der Waals surface area contributed by atoms with Gasteiger partial charge in [-0.3, -0.25) is 0 Å². The SMILES string of the molecule is Cc1ccc(SCc2nc3ccccc3o2)c(N)c1. The number of hydrogen-bond acceptors (Lipinski definition) is 4. The van der Waals surface area contributed by atoms with Gasteiger partial charge in [0.2, 0.25) is 5.89 Å². The molecule has 0 radical (unpaired) electrons. The van der Waals surface area contributed by atoms with Gasteiger partial charge >= 0.3 is 0 Å². The van der Waals surface area contributed by atoms with E-state index in [-0.39, 0.29) is 0 Å². The van der Waals surface area contributed by atoms with Crippen LogP contribution in [-0.4, -0.2) is 4.98 Å². The highest BCUT2D eigenvalue weighted by atomic mass is 32.2. The van der Waals surface area contributed by atoms with Crippen LogP contribution in [0.4, 0.5) is 5.69 Å². The van der Waals surface area contributed by atoms with Gasteiger partial charge in [0.25, 0.3) is 0 Å². The topological polar surface area (TPSA) is 52.0 Å². The molecule has 0 unspecified atom stereocenters. The van der Waals surface area contributed by atoms with E-state index in [1.165, 1.54) is 5.56 Å². The van der Waals surface area contributed by atoms with Gasteiger partial charge in [-0.2, -0.15) is 0 Å². The predicted octanol–water partition coefficient (Wildman–Crippen LogP) is 4.01. The lowest BCUT2D eigenvalue weighted by molar-refractivity contribution is 0.556. The molecule has 3 rings (SSSR count). The highest BCUT2D eigenvalue weighted by molar-refractivity contribution is 7.98. The Morgan fingerprint density at radius 1 is 1.21 bits per heavy atom. The number of aryl methyl sites for hydroxylation is 1. The number of rotatable bonds is 3. The Labute approximate surface area is 115 Å². The summed E-state index contributed by atoms with van der Waals surface area (Å²) in [7, 11) is 0. The minimum Gasteiger partial charge on any atom is -0.440 e. The molecule has 2 aromatic carbocycles. The third-order valence-corrected chi connectivity index (χ3v) is 3.93. The molecule has 3 nitrogen and oxygen atoms in total. The van der Waals surface area contributed by atoms with Crippen molar-refractivity contribution >= 4 is 28.5 Å². The smallest absolute Gasteiger partial charge is 0.205 e. The molecule has 19 heavy (non-hydrogen) atoms. The normalized spacial score (nSPS) is 11.0. The van der Waals surface area contributed by atoms with Crippen LogP contribution in [0.1, 0.15) is 11.5 Å². The van der Waals surface area contributed by atoms with Gasteiger partial charge in [-0.1, -0.05) is 18.2 Å². The predicted molar refractivity (Wildman–Crippen MR) is 79.2 cm³/mol. The summed E-state index contributed by atoms with van der Waals surface area (Å²) < 4.78 is 5.68. The number of para-hydroxylation sites is 2. The maximum Gasteiger partial charge on any atom is 0.205 e. The monoisotopic (exact) mass is 270 g/mol. The van der Waals surface area contributed by atoms with Crippen molar-refractivity contribution in [2.45, 2.75) is 17.6 Å². The van der Waals surface area contributed by atoms with Crippen molar-refractivity contribution in [1.29, 1.82) is 0 Å². The quantitative estimate of drug-likeness (QED) is 0.577. The summed E-state index contributed by atoms with van der Waals surface area (Å²) in [4.78, 5) is 5.51. The molecule has 0 spiro atoms. The van der Waals surface area contributed by atoms with E-state index in [0.29, 0.717) is 5.75 Å². The van der Waals surface area contributed by atoms with Gasteiger partial charge < -0.3 is 10.2 Å². The number of thioether (sulfide) groups is 1. The van der Waals surface area contributed by atoms with Gasteiger partial charge in [-0.15, -0.1) is 11.8 Å². The molecule has 0 aliphatic heterocycles. The maximum atomic E-state index is 5.99. The molecule has 0 saturated heterocycles. The second-order valence-electron chi connectivity index (χ2n) is 4.41. The fraction of sp³-hybridized carbons (Fsp3) is 0.133. The van der Waals surface area contributed by atoms with E-state index >= 15 is 0 Å². The summed E-state index contributed by atoms with van der Waals surface area (Å²) in [5.74, 6) is 1.41. The number of nitrogen functional groups attached to an aromatic ring is 1. The first kappa shape index (κ1) is 12.1. The zero-order valence-electron chi connectivity index (χ0n) is 10.6. The number of aromatic nitrogens is 1. The average Bonchev–Trinajstić information content (AvgIpc) is 2.80. The molecule has 0 atom stereocenters. The second kappa shape index (κ2) is 4.97. The van der Waals surface area contributed by atoms with Gasteiger partial charge in [0.05, 0.1) is 5.75 Å². The molecular weight excluding hydrogens is 256 g/mol. The summed E-state index contributed by atoms with van der Waals surface area (Å²) in [6.45, 7) is 2.03. The number of anilines is 1. The zero-order chi connectivity index (χ0) is 13.2. The van der Waals surface area contributed by atoms with E-state index in [2.05, 4.69) is 11.1 Å². The van der Waals surface area contributed by atoms with Crippen LogP contribution in [0.2, 0.25) is 0 Å². The van der Waals surface area contributed by atoms with Gasteiger partial charge in [0.1, 0.15) is 5.52 Å². The number of benzene rings is 2. The molecule has 0 bridgehead atoms. The fourth-order valence-corrected chi connectivity index (χ4v) is 2.71. The number of fused-ring (bicyclic) bond motifs is 1. The van der Waals surface area contributed by atoms with E-state index in [4.69, 9.17) is 10.2 Å². The molecule has 1 heterocycles. The van der Waals surface area contributed by atoms with Crippen molar-refractivity contribution in [3.63, 3.8) is 0 Å². The zero-order valence-corrected chi connectivity index (χ0v) is 11.4. The average molecular weight is 270 g/mol. The Kier molecular flexibility index (Phi) is 3.17. The van der Waals surface area contributed by atoms with Gasteiger partial charge in [0, 0.05) is 10.6 Å². The number of oxazole rings is 1. The summed E-state index contributed by atoms with van der Waals surface area (Å²) in [6, 6.07) is 13.9. The van der Waals surface area contributed by atoms with Crippen LogP contribution in [0.5, 0.6) is 0 Å². The molecule has 96 valence electrons. The Morgan fingerprint density at radius 2 is 2.05 bits per heavy atom. The van der Waals surface area contributed by atoms with Crippen LogP contribution < -0.4 is 5.73 Å². The Morgan fingerprint density at radius 3 is 2.84 bits per heavy atom. The highest BCUT2D eigenvalue weighted by Gasteiger charge is 2.07. The molecule has 3 aromatic rings. The largest absolute Gasteiger partial charge is 0.440 e. The minimum absolute atomic E-state index is 0.682. The van der Waals surface area contributed by atoms with E-state index in [1.807, 2.05) is 43.3 Å². The summed E-state index contributed by atoms with van der Waals surface area (Å²) in [5, 5.41) is 0. The van der Waals surface area contributed by atoms with Crippen LogP contribution in [0.25, 0.3) is 11.1 Å². The molecule has 0 saturated carbocycles. The maximum absolute atomic E-state index is 5.99. The van der Waals surface area contributed by atoms with E-state index < -0.39 is 0 Å². The van der Waals surface area contributed by atoms with Crippen LogP contribution in [0.3, 0.4) is 0 Å². The third-order valence-electron chi connectivity index (χ3n) is 2.85. The lowest BCUT2D eigenvalue weighted by atomic mass is 10.2. The van der Waals surface area contributed by atoms with Crippen LogP contribution in [0.15, 0.2) is 51.8 Å². The molecule has 0 amide bonds. The lowest BCUT2D eigenvalue weighted by Crippen LogP contribution is -1.90. The van der Waals surface area contributed by atoms with Crippen LogP contribution in [-0.2, 0) is 5.75 Å². The van der Waals surface area contributed by atoms with Crippen LogP contribution >= 0.6 is 11.8 Å². The summed E-state index contributed by atoms with van der Waals surface area (Å²) in [6.07, 6.45) is 0. The third kappa shape index (κ3) is 2.58. The van der Waals surface area contributed by atoms with E-state index in [1.54, 1.807) is 11.8 Å². The second-order valence-corrected chi connectivity index (χ2v) is 5.42. The molecule has 4 heteroatoms. The summed E-state index contributed by atoms with van der Waals surface area (Å²) in [5.41, 5.74) is 9.69. The first-order valence-corrected chi connectivity index (χ1v) is 7.04. The van der Waals surface area contributed by atoms with Crippen LogP contribution in [0, 0.1) is 6.92 Å². The van der Waals surface area contributed by atoms with Gasteiger partial charge in [-0.25, -0.2) is 4.98 Å². The van der Waals surface area contributed by atoms with Crippen molar-refractivity contribution in [3.8, 4) is 0 Å². The van der Waals surface area contributed by atoms with Gasteiger partial charge in [-0.05, 0) is 36.8 Å². The standard InChI is InChI=1S/C15H14N2OS/c1-10-6-7-14(11(16)8-10)19-9-15-17-12-4-2-3-5-13(12)18-15/h2-8H,9,16H2,1H3. The Bertz CT molecular complexity index is 688. The molecule has 1 aromatic heterocycles. The molecular formula is C15H14N2OS. The van der Waals surface area contributed by atoms with Crippen molar-refractivity contribution < 1.29 is 4.42 Å². The number of hydrogen-bond donors (Lipinski definition) is 1. The van der Waals surface area contributed by atoms with Crippen molar-refractivity contribution in [2.75, 3.05) is 5.73 Å². The first-order chi connectivity index (χ1) is 9.22. The molecule has 0 aliphatic rings. The van der Waals surface area contributed by atoms with Gasteiger partial charge in [0.15, 0.2) is 5.58 Å². The molecule has 0 fully saturated rings. The lowest BCUT2D eigenvalue weighted by Gasteiger charge is -2.04. The minimum atomic E-state index is 0.682. The van der Waals surface area contributed by atoms with Crippen molar-refractivity contribution in [1.82, 2.24) is 4.98 Å².